The highest BCUT2D eigenvalue weighted by molar-refractivity contribution is 5.87. The molecule has 0 radical (unpaired) electrons. The largest absolute Gasteiger partial charge is 0.395 e. The molecule has 3 aromatic rings. The number of aromatic nitrogens is 5. The molecule has 0 amide bonds. The van der Waals surface area contributed by atoms with Crippen molar-refractivity contribution < 1.29 is 5.11 Å². The number of likely N-dealkylation sites (N-methyl/N-ethyl adjacent to an activating group) is 1. The summed E-state index contributed by atoms with van der Waals surface area (Å²) >= 11 is 0. The van der Waals surface area contributed by atoms with E-state index in [4.69, 9.17) is 5.11 Å². The van der Waals surface area contributed by atoms with E-state index in [-0.39, 0.29) is 6.61 Å². The summed E-state index contributed by atoms with van der Waals surface area (Å²) in [7, 11) is 2.05. The second-order valence-corrected chi connectivity index (χ2v) is 6.35. The van der Waals surface area contributed by atoms with Crippen LogP contribution in [-0.2, 0) is 0 Å². The molecule has 1 fully saturated rings. The second-order valence-electron chi connectivity index (χ2n) is 6.35. The fourth-order valence-electron chi connectivity index (χ4n) is 3.33. The maximum absolute atomic E-state index is 8.85. The van der Waals surface area contributed by atoms with Crippen LogP contribution in [0, 0.1) is 0 Å². The van der Waals surface area contributed by atoms with E-state index in [0.717, 1.165) is 42.2 Å². The van der Waals surface area contributed by atoms with Gasteiger partial charge >= 0.3 is 0 Å². The van der Waals surface area contributed by atoms with Gasteiger partial charge in [0.2, 0.25) is 0 Å². The van der Waals surface area contributed by atoms with Crippen molar-refractivity contribution in [2.45, 2.75) is 12.5 Å². The molecule has 0 saturated carbocycles. The Kier molecular flexibility index (Phi) is 4.53. The average Bonchev–Trinajstić information content (AvgIpc) is 3.35. The van der Waals surface area contributed by atoms with Crippen LogP contribution < -0.4 is 15.1 Å². The molecule has 9 nitrogen and oxygen atoms in total. The maximum Gasteiger partial charge on any atom is 0.147 e. The third-order valence-electron chi connectivity index (χ3n) is 4.76. The molecule has 9 heteroatoms. The Bertz CT molecular complexity index is 865. The third kappa shape index (κ3) is 3.13. The molecule has 0 unspecified atom stereocenters. The minimum absolute atomic E-state index is 0.0682. The number of fused-ring (bicyclic) bond motifs is 1. The first-order valence-electron chi connectivity index (χ1n) is 8.69. The van der Waals surface area contributed by atoms with E-state index < -0.39 is 0 Å². The van der Waals surface area contributed by atoms with Crippen molar-refractivity contribution in [1.29, 1.82) is 0 Å². The van der Waals surface area contributed by atoms with Crippen molar-refractivity contribution in [3.63, 3.8) is 0 Å². The van der Waals surface area contributed by atoms with Crippen LogP contribution in [0.15, 0.2) is 31.0 Å². The molecule has 26 heavy (non-hydrogen) atoms. The van der Waals surface area contributed by atoms with Gasteiger partial charge in [0, 0.05) is 38.9 Å². The summed E-state index contributed by atoms with van der Waals surface area (Å²) < 4.78 is 0. The van der Waals surface area contributed by atoms with Crippen LogP contribution in [0.5, 0.6) is 0 Å². The number of hydrogen-bond acceptors (Lipinski definition) is 8. The van der Waals surface area contributed by atoms with Crippen LogP contribution in [0.25, 0.3) is 11.0 Å². The van der Waals surface area contributed by atoms with Gasteiger partial charge in [0.1, 0.15) is 29.4 Å². The van der Waals surface area contributed by atoms with E-state index in [1.54, 1.807) is 18.7 Å². The molecule has 1 aliphatic rings. The highest BCUT2D eigenvalue weighted by Gasteiger charge is 2.28. The minimum atomic E-state index is 0.0682. The molecular formula is C17H22N8O. The first kappa shape index (κ1) is 16.5. The van der Waals surface area contributed by atoms with Crippen LogP contribution in [0.4, 0.5) is 17.5 Å². The fraction of sp³-hybridized carbons (Fsp3) is 0.412. The molecule has 0 aliphatic carbocycles. The Balaban J connectivity index is 1.45. The molecule has 1 saturated heterocycles. The molecular weight excluding hydrogens is 332 g/mol. The Labute approximate surface area is 151 Å². The Hall–Kier alpha value is -2.94. The summed E-state index contributed by atoms with van der Waals surface area (Å²) in [5.41, 5.74) is 0.864. The quantitative estimate of drug-likeness (QED) is 0.599. The molecule has 0 spiro atoms. The van der Waals surface area contributed by atoms with Crippen LogP contribution in [0.3, 0.4) is 0 Å². The van der Waals surface area contributed by atoms with Crippen molar-refractivity contribution >= 4 is 28.5 Å². The lowest BCUT2D eigenvalue weighted by Crippen LogP contribution is -2.35. The number of aliphatic hydroxyl groups excluding tert-OH is 1. The maximum atomic E-state index is 8.85. The summed E-state index contributed by atoms with van der Waals surface area (Å²) in [6.07, 6.45) is 7.98. The molecule has 4 heterocycles. The Morgan fingerprint density at radius 3 is 3.04 bits per heavy atom. The minimum Gasteiger partial charge on any atom is -0.395 e. The molecule has 1 atom stereocenters. The number of aliphatic hydroxyl groups is 1. The van der Waals surface area contributed by atoms with E-state index in [1.165, 1.54) is 0 Å². The van der Waals surface area contributed by atoms with Crippen molar-refractivity contribution in [1.82, 2.24) is 24.9 Å². The summed E-state index contributed by atoms with van der Waals surface area (Å²) in [5.74, 6) is 2.47. The molecule has 4 rings (SSSR count). The van der Waals surface area contributed by atoms with Crippen molar-refractivity contribution in [2.24, 2.45) is 0 Å². The zero-order chi connectivity index (χ0) is 17.9. The number of H-pyrrole nitrogens is 1. The van der Waals surface area contributed by atoms with Gasteiger partial charge in [0.25, 0.3) is 0 Å². The van der Waals surface area contributed by atoms with Gasteiger partial charge in [0.15, 0.2) is 0 Å². The number of nitrogens with zero attached hydrogens (tertiary/aromatic N) is 6. The summed E-state index contributed by atoms with van der Waals surface area (Å²) in [4.78, 5) is 25.2. The fourth-order valence-corrected chi connectivity index (χ4v) is 3.33. The lowest BCUT2D eigenvalue weighted by atomic mass is 10.2. The second kappa shape index (κ2) is 7.12. The van der Waals surface area contributed by atoms with Gasteiger partial charge in [-0.2, -0.15) is 0 Å². The lowest BCUT2D eigenvalue weighted by Gasteiger charge is -2.26. The van der Waals surface area contributed by atoms with Gasteiger partial charge in [-0.3, -0.25) is 0 Å². The molecule has 136 valence electrons. The molecule has 3 aromatic heterocycles. The molecule has 3 N–H and O–H groups in total. The topological polar surface area (TPSA) is 106 Å². The van der Waals surface area contributed by atoms with E-state index in [1.807, 2.05) is 19.3 Å². The lowest BCUT2D eigenvalue weighted by molar-refractivity contribution is 0.311. The Morgan fingerprint density at radius 2 is 2.23 bits per heavy atom. The smallest absolute Gasteiger partial charge is 0.147 e. The summed E-state index contributed by atoms with van der Waals surface area (Å²) in [5, 5.41) is 12.9. The monoisotopic (exact) mass is 354 g/mol. The van der Waals surface area contributed by atoms with E-state index in [0.29, 0.717) is 18.4 Å². The van der Waals surface area contributed by atoms with E-state index >= 15 is 0 Å². The van der Waals surface area contributed by atoms with Crippen LogP contribution in [-0.4, -0.2) is 69.4 Å². The number of nitrogens with one attached hydrogen (secondary N) is 2. The van der Waals surface area contributed by atoms with Crippen molar-refractivity contribution in [2.75, 3.05) is 48.4 Å². The van der Waals surface area contributed by atoms with E-state index in [9.17, 15) is 0 Å². The standard InChI is InChI=1S/C17H22N8O/c1-24(15-9-20-14(8-21-15)18-5-7-26)12-3-6-25(10-12)17-13-2-4-19-16(13)22-11-23-17/h2,4,8-9,11-12,26H,3,5-7,10H2,1H3,(H,18,20)(H,19,22,23)/t12-/m1/s1. The average molecular weight is 354 g/mol. The van der Waals surface area contributed by atoms with Gasteiger partial charge in [-0.15, -0.1) is 0 Å². The van der Waals surface area contributed by atoms with Gasteiger partial charge in [-0.05, 0) is 12.5 Å². The molecule has 1 aliphatic heterocycles. The van der Waals surface area contributed by atoms with Crippen molar-refractivity contribution in [3.8, 4) is 0 Å². The zero-order valence-corrected chi connectivity index (χ0v) is 14.6. The van der Waals surface area contributed by atoms with Crippen LogP contribution in [0.1, 0.15) is 6.42 Å². The van der Waals surface area contributed by atoms with Gasteiger partial charge in [-0.25, -0.2) is 19.9 Å². The third-order valence-corrected chi connectivity index (χ3v) is 4.76. The van der Waals surface area contributed by atoms with Crippen LogP contribution in [0.2, 0.25) is 0 Å². The van der Waals surface area contributed by atoms with Crippen LogP contribution >= 0.6 is 0 Å². The highest BCUT2D eigenvalue weighted by atomic mass is 16.3. The SMILES string of the molecule is CN(c1cnc(NCCO)cn1)[C@@H]1CCN(c2ncnc3[nH]ccc23)C1. The zero-order valence-electron chi connectivity index (χ0n) is 14.6. The Morgan fingerprint density at radius 1 is 1.31 bits per heavy atom. The number of aromatic amines is 1. The highest BCUT2D eigenvalue weighted by Crippen LogP contribution is 2.27. The van der Waals surface area contributed by atoms with Gasteiger partial charge in [0.05, 0.1) is 24.4 Å². The van der Waals surface area contributed by atoms with Crippen molar-refractivity contribution in [3.05, 3.63) is 31.0 Å². The number of hydrogen-bond donors (Lipinski definition) is 3. The molecule has 0 bridgehead atoms. The first-order chi connectivity index (χ1) is 12.8. The first-order valence-corrected chi connectivity index (χ1v) is 8.69. The van der Waals surface area contributed by atoms with Gasteiger partial charge < -0.3 is 25.2 Å². The van der Waals surface area contributed by atoms with Gasteiger partial charge in [-0.1, -0.05) is 0 Å². The number of anilines is 3. The van der Waals surface area contributed by atoms with E-state index in [2.05, 4.69) is 40.0 Å². The predicted octanol–water partition coefficient (Wildman–Crippen LogP) is 0.867. The normalized spacial score (nSPS) is 17.0. The summed E-state index contributed by atoms with van der Waals surface area (Å²) in [6.45, 7) is 2.35. The molecule has 0 aromatic carbocycles. The predicted molar refractivity (Wildman–Crippen MR) is 101 cm³/mol. The summed E-state index contributed by atoms with van der Waals surface area (Å²) in [6, 6.07) is 2.36. The number of rotatable bonds is 6.